The summed E-state index contributed by atoms with van der Waals surface area (Å²) in [5.41, 5.74) is 5.66. The van der Waals surface area contributed by atoms with Gasteiger partial charge >= 0.3 is 0 Å². The molecule has 2 aliphatic carbocycles. The molecule has 0 aromatic heterocycles. The highest BCUT2D eigenvalue weighted by molar-refractivity contribution is 5.79. The topological polar surface area (TPSA) is 66.6 Å². The van der Waals surface area contributed by atoms with E-state index >= 15 is 0 Å². The van der Waals surface area contributed by atoms with Crippen molar-refractivity contribution in [2.45, 2.75) is 63.8 Å². The lowest BCUT2D eigenvalue weighted by Crippen LogP contribution is -2.45. The number of carbonyl (C=O) groups excluding carboxylic acids is 1. The molecule has 2 atom stereocenters. The molecule has 2 fully saturated rings. The van der Waals surface area contributed by atoms with Crippen LogP contribution in [0.4, 0.5) is 0 Å². The Hall–Kier alpha value is -0.610. The van der Waals surface area contributed by atoms with Crippen molar-refractivity contribution in [3.05, 3.63) is 0 Å². The number of aliphatic hydroxyl groups is 1. The van der Waals surface area contributed by atoms with Gasteiger partial charge in [-0.1, -0.05) is 25.7 Å². The quantitative estimate of drug-likeness (QED) is 0.782. The fraction of sp³-hybridized carbons (Fsp3) is 0.938. The standard InChI is InChI=1S/C16H30N2O2/c17-9-8-13-4-3-5-14(12-13)16(20)18(10-11-19)15-6-1-2-7-15/h13-15,19H,1-12,17H2. The van der Waals surface area contributed by atoms with Gasteiger partial charge in [-0.3, -0.25) is 4.79 Å². The van der Waals surface area contributed by atoms with Crippen LogP contribution in [-0.4, -0.2) is 41.7 Å². The highest BCUT2D eigenvalue weighted by Gasteiger charge is 2.33. The molecule has 0 aromatic rings. The molecule has 2 aliphatic rings. The van der Waals surface area contributed by atoms with Crippen LogP contribution in [0.5, 0.6) is 0 Å². The smallest absolute Gasteiger partial charge is 0.226 e. The summed E-state index contributed by atoms with van der Waals surface area (Å²) in [7, 11) is 0. The molecule has 0 heterocycles. The van der Waals surface area contributed by atoms with Crippen molar-refractivity contribution in [3.63, 3.8) is 0 Å². The van der Waals surface area contributed by atoms with Crippen molar-refractivity contribution in [2.75, 3.05) is 19.7 Å². The number of nitrogens with two attached hydrogens (primary N) is 1. The summed E-state index contributed by atoms with van der Waals surface area (Å²) in [5.74, 6) is 1.10. The lowest BCUT2D eigenvalue weighted by Gasteiger charge is -2.35. The van der Waals surface area contributed by atoms with Crippen molar-refractivity contribution in [1.82, 2.24) is 4.90 Å². The molecule has 0 spiro atoms. The summed E-state index contributed by atoms with van der Waals surface area (Å²) in [6.45, 7) is 1.33. The molecule has 2 saturated carbocycles. The summed E-state index contributed by atoms with van der Waals surface area (Å²) in [6, 6.07) is 0.379. The molecule has 4 nitrogen and oxygen atoms in total. The van der Waals surface area contributed by atoms with E-state index in [1.807, 2.05) is 4.90 Å². The molecule has 1 amide bonds. The summed E-state index contributed by atoms with van der Waals surface area (Å²) in [6.07, 6.45) is 10.1. The molecule has 116 valence electrons. The van der Waals surface area contributed by atoms with E-state index in [4.69, 9.17) is 5.73 Å². The minimum Gasteiger partial charge on any atom is -0.395 e. The van der Waals surface area contributed by atoms with E-state index < -0.39 is 0 Å². The van der Waals surface area contributed by atoms with Crippen molar-refractivity contribution >= 4 is 5.91 Å². The normalized spacial score (nSPS) is 27.7. The maximum Gasteiger partial charge on any atom is 0.226 e. The van der Waals surface area contributed by atoms with Gasteiger partial charge in [0.05, 0.1) is 6.61 Å². The number of rotatable bonds is 6. The van der Waals surface area contributed by atoms with E-state index in [9.17, 15) is 9.90 Å². The van der Waals surface area contributed by atoms with Crippen LogP contribution >= 0.6 is 0 Å². The van der Waals surface area contributed by atoms with Crippen molar-refractivity contribution in [3.8, 4) is 0 Å². The van der Waals surface area contributed by atoms with Gasteiger partial charge in [0.2, 0.25) is 5.91 Å². The third-order valence-electron chi connectivity index (χ3n) is 5.10. The fourth-order valence-electron chi connectivity index (χ4n) is 4.04. The van der Waals surface area contributed by atoms with Crippen LogP contribution in [0.25, 0.3) is 0 Å². The number of amides is 1. The molecule has 2 rings (SSSR count). The predicted octanol–water partition coefficient (Wildman–Crippen LogP) is 1.91. The van der Waals surface area contributed by atoms with Gasteiger partial charge < -0.3 is 15.7 Å². The van der Waals surface area contributed by atoms with Crippen LogP contribution in [0, 0.1) is 11.8 Å². The first-order valence-electron chi connectivity index (χ1n) is 8.37. The van der Waals surface area contributed by atoms with Gasteiger partial charge in [0, 0.05) is 18.5 Å². The van der Waals surface area contributed by atoms with Crippen LogP contribution in [0.3, 0.4) is 0 Å². The van der Waals surface area contributed by atoms with Gasteiger partial charge in [0.25, 0.3) is 0 Å². The number of carbonyl (C=O) groups is 1. The Morgan fingerprint density at radius 2 is 1.90 bits per heavy atom. The molecule has 4 heteroatoms. The zero-order valence-corrected chi connectivity index (χ0v) is 12.6. The number of hydrogen-bond donors (Lipinski definition) is 2. The Labute approximate surface area is 122 Å². The number of nitrogens with zero attached hydrogens (tertiary/aromatic N) is 1. The highest BCUT2D eigenvalue weighted by atomic mass is 16.3. The average molecular weight is 282 g/mol. The lowest BCUT2D eigenvalue weighted by atomic mass is 9.79. The van der Waals surface area contributed by atoms with E-state index in [0.717, 1.165) is 45.1 Å². The van der Waals surface area contributed by atoms with Gasteiger partial charge in [-0.2, -0.15) is 0 Å². The van der Waals surface area contributed by atoms with Crippen molar-refractivity contribution in [2.24, 2.45) is 17.6 Å². The van der Waals surface area contributed by atoms with E-state index in [1.54, 1.807) is 0 Å². The Morgan fingerprint density at radius 1 is 1.15 bits per heavy atom. The number of aliphatic hydroxyl groups excluding tert-OH is 1. The van der Waals surface area contributed by atoms with Crippen molar-refractivity contribution < 1.29 is 9.90 Å². The Balaban J connectivity index is 1.95. The first-order valence-corrected chi connectivity index (χ1v) is 8.37. The first-order chi connectivity index (χ1) is 9.76. The molecule has 0 saturated heterocycles. The maximum atomic E-state index is 12.8. The van der Waals surface area contributed by atoms with Gasteiger partial charge in [-0.25, -0.2) is 0 Å². The third-order valence-corrected chi connectivity index (χ3v) is 5.10. The summed E-state index contributed by atoms with van der Waals surface area (Å²) in [4.78, 5) is 14.8. The average Bonchev–Trinajstić information content (AvgIpc) is 2.98. The highest BCUT2D eigenvalue weighted by Crippen LogP contribution is 2.33. The van der Waals surface area contributed by atoms with Gasteiger partial charge in [-0.05, 0) is 44.6 Å². The second-order valence-corrected chi connectivity index (χ2v) is 6.50. The Kier molecular flexibility index (Phi) is 6.30. The van der Waals surface area contributed by atoms with Gasteiger partial charge in [0.15, 0.2) is 0 Å². The van der Waals surface area contributed by atoms with Crippen LogP contribution in [0.2, 0.25) is 0 Å². The Bertz CT molecular complexity index is 301. The lowest BCUT2D eigenvalue weighted by molar-refractivity contribution is -0.140. The van der Waals surface area contributed by atoms with Crippen LogP contribution in [0.15, 0.2) is 0 Å². The summed E-state index contributed by atoms with van der Waals surface area (Å²) < 4.78 is 0. The van der Waals surface area contributed by atoms with Crippen LogP contribution in [0.1, 0.15) is 57.8 Å². The molecule has 2 unspecified atom stereocenters. The third kappa shape index (κ3) is 3.95. The molecular formula is C16H30N2O2. The molecule has 0 radical (unpaired) electrons. The molecule has 0 aromatic carbocycles. The number of hydrogen-bond acceptors (Lipinski definition) is 3. The minimum absolute atomic E-state index is 0.0845. The van der Waals surface area contributed by atoms with Crippen molar-refractivity contribution in [1.29, 1.82) is 0 Å². The molecule has 20 heavy (non-hydrogen) atoms. The zero-order valence-electron chi connectivity index (χ0n) is 12.6. The fourth-order valence-corrected chi connectivity index (χ4v) is 4.04. The molecule has 3 N–H and O–H groups in total. The predicted molar refractivity (Wildman–Crippen MR) is 80.2 cm³/mol. The molecule has 0 aliphatic heterocycles. The van der Waals surface area contributed by atoms with E-state index in [1.165, 1.54) is 19.3 Å². The zero-order chi connectivity index (χ0) is 14.4. The molecular weight excluding hydrogens is 252 g/mol. The largest absolute Gasteiger partial charge is 0.395 e. The second kappa shape index (κ2) is 7.99. The van der Waals surface area contributed by atoms with E-state index in [0.29, 0.717) is 24.4 Å². The second-order valence-electron chi connectivity index (χ2n) is 6.50. The van der Waals surface area contributed by atoms with E-state index in [-0.39, 0.29) is 12.5 Å². The first kappa shape index (κ1) is 15.8. The SMILES string of the molecule is NCCC1CCCC(C(=O)N(CCO)C2CCCC2)C1. The Morgan fingerprint density at radius 3 is 2.55 bits per heavy atom. The molecule has 0 bridgehead atoms. The summed E-state index contributed by atoms with van der Waals surface area (Å²) >= 11 is 0. The summed E-state index contributed by atoms with van der Waals surface area (Å²) in [5, 5.41) is 9.27. The van der Waals surface area contributed by atoms with Gasteiger partial charge in [-0.15, -0.1) is 0 Å². The van der Waals surface area contributed by atoms with Crippen LogP contribution in [-0.2, 0) is 4.79 Å². The monoisotopic (exact) mass is 282 g/mol. The minimum atomic E-state index is 0.0845. The van der Waals surface area contributed by atoms with E-state index in [2.05, 4.69) is 0 Å². The van der Waals surface area contributed by atoms with Crippen LogP contribution < -0.4 is 5.73 Å². The maximum absolute atomic E-state index is 12.8. The van der Waals surface area contributed by atoms with Gasteiger partial charge in [0.1, 0.15) is 0 Å².